The Kier molecular flexibility index (Phi) is 3.40. The summed E-state index contributed by atoms with van der Waals surface area (Å²) in [6.45, 7) is 4.59. The smallest absolute Gasteiger partial charge is 0.140 e. The summed E-state index contributed by atoms with van der Waals surface area (Å²) in [6, 6.07) is 5.87. The van der Waals surface area contributed by atoms with Crippen molar-refractivity contribution in [2.24, 2.45) is 5.73 Å². The first-order valence-electron chi connectivity index (χ1n) is 6.63. The predicted molar refractivity (Wildman–Crippen MR) is 79.1 cm³/mol. The largest absolute Gasteiger partial charge is 0.487 e. The summed E-state index contributed by atoms with van der Waals surface area (Å²) in [5.41, 5.74) is 7.01. The standard InChI is InChI=1S/C15H18N2O2S/c1-15(2)8-12(16)11-4-3-10(7-13(11)19-15)18-9-14-17-5-6-20-14/h3-7,12H,8-9,16H2,1-2H3. The molecule has 0 amide bonds. The van der Waals surface area contributed by atoms with Crippen molar-refractivity contribution in [3.8, 4) is 11.5 Å². The maximum Gasteiger partial charge on any atom is 0.140 e. The molecule has 1 aromatic carbocycles. The van der Waals surface area contributed by atoms with Crippen molar-refractivity contribution in [2.45, 2.75) is 38.5 Å². The zero-order valence-corrected chi connectivity index (χ0v) is 12.4. The number of nitrogens with zero attached hydrogens (tertiary/aromatic N) is 1. The van der Waals surface area contributed by atoms with E-state index in [9.17, 15) is 0 Å². The van der Waals surface area contributed by atoms with Crippen LogP contribution < -0.4 is 15.2 Å². The van der Waals surface area contributed by atoms with Gasteiger partial charge in [-0.2, -0.15) is 0 Å². The summed E-state index contributed by atoms with van der Waals surface area (Å²) in [7, 11) is 0. The van der Waals surface area contributed by atoms with Gasteiger partial charge in [-0.05, 0) is 19.9 Å². The lowest BCUT2D eigenvalue weighted by Gasteiger charge is -2.36. The quantitative estimate of drug-likeness (QED) is 0.942. The number of rotatable bonds is 3. The minimum absolute atomic E-state index is 0.0155. The van der Waals surface area contributed by atoms with Crippen LogP contribution in [-0.2, 0) is 6.61 Å². The molecule has 1 aromatic heterocycles. The Balaban J connectivity index is 1.78. The van der Waals surface area contributed by atoms with Crippen LogP contribution in [0.4, 0.5) is 0 Å². The molecule has 0 fully saturated rings. The summed E-state index contributed by atoms with van der Waals surface area (Å²) >= 11 is 1.58. The van der Waals surface area contributed by atoms with E-state index in [-0.39, 0.29) is 11.6 Å². The van der Waals surface area contributed by atoms with Crippen molar-refractivity contribution in [3.63, 3.8) is 0 Å². The van der Waals surface area contributed by atoms with Crippen LogP contribution in [0.1, 0.15) is 36.9 Å². The first kappa shape index (κ1) is 13.4. The molecule has 106 valence electrons. The van der Waals surface area contributed by atoms with Gasteiger partial charge in [0.25, 0.3) is 0 Å². The SMILES string of the molecule is CC1(C)CC(N)c2ccc(OCc3nccs3)cc2O1. The molecule has 5 heteroatoms. The number of hydrogen-bond donors (Lipinski definition) is 1. The van der Waals surface area contributed by atoms with Gasteiger partial charge in [0.2, 0.25) is 0 Å². The third-order valence-electron chi connectivity index (χ3n) is 3.33. The number of ether oxygens (including phenoxy) is 2. The normalized spacial score (nSPS) is 20.1. The lowest BCUT2D eigenvalue weighted by atomic mass is 9.90. The molecule has 0 radical (unpaired) electrons. The second-order valence-electron chi connectivity index (χ2n) is 5.59. The van der Waals surface area contributed by atoms with E-state index in [0.717, 1.165) is 28.5 Å². The van der Waals surface area contributed by atoms with Gasteiger partial charge in [0.15, 0.2) is 0 Å². The van der Waals surface area contributed by atoms with Crippen molar-refractivity contribution in [1.82, 2.24) is 4.98 Å². The highest BCUT2D eigenvalue weighted by Crippen LogP contribution is 2.40. The highest BCUT2D eigenvalue weighted by molar-refractivity contribution is 7.09. The Morgan fingerprint density at radius 2 is 2.35 bits per heavy atom. The fourth-order valence-corrected chi connectivity index (χ4v) is 2.97. The fraction of sp³-hybridized carbons (Fsp3) is 0.400. The summed E-state index contributed by atoms with van der Waals surface area (Å²) in [4.78, 5) is 4.20. The highest BCUT2D eigenvalue weighted by Gasteiger charge is 2.31. The monoisotopic (exact) mass is 290 g/mol. The number of fused-ring (bicyclic) bond motifs is 1. The molecule has 0 spiro atoms. The van der Waals surface area contributed by atoms with Crippen LogP contribution in [0, 0.1) is 0 Å². The van der Waals surface area contributed by atoms with Gasteiger partial charge in [0.1, 0.15) is 28.7 Å². The second kappa shape index (κ2) is 5.07. The summed E-state index contributed by atoms with van der Waals surface area (Å²) in [5, 5.41) is 2.90. The number of hydrogen-bond acceptors (Lipinski definition) is 5. The zero-order valence-electron chi connectivity index (χ0n) is 11.6. The van der Waals surface area contributed by atoms with Crippen LogP contribution in [0.25, 0.3) is 0 Å². The zero-order chi connectivity index (χ0) is 14.2. The number of aromatic nitrogens is 1. The Morgan fingerprint density at radius 1 is 1.50 bits per heavy atom. The number of thiazole rings is 1. The maximum atomic E-state index is 6.19. The van der Waals surface area contributed by atoms with E-state index in [2.05, 4.69) is 18.8 Å². The average Bonchev–Trinajstić information content (AvgIpc) is 2.87. The lowest BCUT2D eigenvalue weighted by molar-refractivity contribution is 0.0724. The van der Waals surface area contributed by atoms with Crippen molar-refractivity contribution in [2.75, 3.05) is 0 Å². The predicted octanol–water partition coefficient (Wildman–Crippen LogP) is 3.28. The van der Waals surface area contributed by atoms with E-state index < -0.39 is 0 Å². The first-order chi connectivity index (χ1) is 9.53. The maximum absolute atomic E-state index is 6.19. The van der Waals surface area contributed by atoms with E-state index in [1.165, 1.54) is 0 Å². The molecule has 0 aliphatic carbocycles. The molecule has 1 atom stereocenters. The van der Waals surface area contributed by atoms with Crippen LogP contribution in [0.15, 0.2) is 29.8 Å². The van der Waals surface area contributed by atoms with Crippen molar-refractivity contribution in [1.29, 1.82) is 0 Å². The molecule has 3 rings (SSSR count). The molecule has 1 aliphatic heterocycles. The summed E-state index contributed by atoms with van der Waals surface area (Å²) in [5.74, 6) is 1.61. The van der Waals surface area contributed by atoms with E-state index in [1.54, 1.807) is 17.5 Å². The molecule has 1 aliphatic rings. The lowest BCUT2D eigenvalue weighted by Crippen LogP contribution is -2.37. The third kappa shape index (κ3) is 2.78. The van der Waals surface area contributed by atoms with E-state index >= 15 is 0 Å². The van der Waals surface area contributed by atoms with Gasteiger partial charge < -0.3 is 15.2 Å². The first-order valence-corrected chi connectivity index (χ1v) is 7.51. The molecular weight excluding hydrogens is 272 g/mol. The van der Waals surface area contributed by atoms with Crippen LogP contribution in [0.2, 0.25) is 0 Å². The van der Waals surface area contributed by atoms with Crippen LogP contribution in [0.5, 0.6) is 11.5 Å². The third-order valence-corrected chi connectivity index (χ3v) is 4.08. The Hall–Kier alpha value is -1.59. The molecule has 2 N–H and O–H groups in total. The highest BCUT2D eigenvalue weighted by atomic mass is 32.1. The number of nitrogens with two attached hydrogens (primary N) is 1. The molecule has 0 saturated carbocycles. The molecule has 20 heavy (non-hydrogen) atoms. The average molecular weight is 290 g/mol. The topological polar surface area (TPSA) is 57.4 Å². The van der Waals surface area contributed by atoms with Crippen molar-refractivity contribution in [3.05, 3.63) is 40.3 Å². The molecular formula is C15H18N2O2S. The van der Waals surface area contributed by atoms with Gasteiger partial charge in [-0.15, -0.1) is 11.3 Å². The molecule has 0 bridgehead atoms. The molecule has 2 heterocycles. The summed E-state index contributed by atoms with van der Waals surface area (Å²) in [6.07, 6.45) is 2.60. The van der Waals surface area contributed by atoms with Gasteiger partial charge in [-0.25, -0.2) is 4.98 Å². The van der Waals surface area contributed by atoms with Gasteiger partial charge in [0, 0.05) is 35.7 Å². The molecule has 1 unspecified atom stereocenters. The Bertz CT molecular complexity index is 596. The number of benzene rings is 1. The van der Waals surface area contributed by atoms with E-state index in [1.807, 2.05) is 23.6 Å². The molecule has 2 aromatic rings. The minimum Gasteiger partial charge on any atom is -0.487 e. The van der Waals surface area contributed by atoms with Gasteiger partial charge in [0.05, 0.1) is 0 Å². The molecule has 0 saturated heterocycles. The van der Waals surface area contributed by atoms with Gasteiger partial charge >= 0.3 is 0 Å². The fourth-order valence-electron chi connectivity index (χ4n) is 2.45. The van der Waals surface area contributed by atoms with E-state index in [0.29, 0.717) is 6.61 Å². The Labute approximate surface area is 122 Å². The van der Waals surface area contributed by atoms with Crippen molar-refractivity contribution < 1.29 is 9.47 Å². The van der Waals surface area contributed by atoms with Crippen LogP contribution in [0.3, 0.4) is 0 Å². The van der Waals surface area contributed by atoms with Crippen molar-refractivity contribution >= 4 is 11.3 Å². The van der Waals surface area contributed by atoms with Crippen LogP contribution in [-0.4, -0.2) is 10.6 Å². The van der Waals surface area contributed by atoms with Crippen LogP contribution >= 0.6 is 11.3 Å². The minimum atomic E-state index is -0.236. The Morgan fingerprint density at radius 3 is 3.10 bits per heavy atom. The second-order valence-corrected chi connectivity index (χ2v) is 6.57. The van der Waals surface area contributed by atoms with Gasteiger partial charge in [-0.1, -0.05) is 6.07 Å². The molecule has 4 nitrogen and oxygen atoms in total. The summed E-state index contributed by atoms with van der Waals surface area (Å²) < 4.78 is 11.7. The van der Waals surface area contributed by atoms with Gasteiger partial charge in [-0.3, -0.25) is 0 Å². The van der Waals surface area contributed by atoms with E-state index in [4.69, 9.17) is 15.2 Å².